The van der Waals surface area contributed by atoms with Gasteiger partial charge in [0.05, 0.1) is 12.8 Å². The van der Waals surface area contributed by atoms with Crippen molar-refractivity contribution >= 4 is 11.9 Å². The van der Waals surface area contributed by atoms with Crippen LogP contribution in [-0.2, 0) is 19.3 Å². The van der Waals surface area contributed by atoms with E-state index in [4.69, 9.17) is 16.2 Å². The number of esters is 1. The summed E-state index contributed by atoms with van der Waals surface area (Å²) in [6, 6.07) is 0. The number of nitrogens with two attached hydrogens (primary N) is 2. The average molecular weight is 278 g/mol. The van der Waals surface area contributed by atoms with E-state index < -0.39 is 5.97 Å². The summed E-state index contributed by atoms with van der Waals surface area (Å²) >= 11 is 0. The first-order valence-corrected chi connectivity index (χ1v) is 6.55. The minimum absolute atomic E-state index is 0.0590. The molecule has 4 N–H and O–H groups in total. The first-order valence-electron chi connectivity index (χ1n) is 6.55. The van der Waals surface area contributed by atoms with Crippen LogP contribution in [0.15, 0.2) is 0 Å². The Hall–Kier alpha value is -1.21. The molecule has 0 atom stereocenters. The zero-order valence-electron chi connectivity index (χ0n) is 11.1. The van der Waals surface area contributed by atoms with Gasteiger partial charge in [-0.25, -0.2) is 4.79 Å². The molecule has 0 spiro atoms. The molecule has 112 valence electrons. The van der Waals surface area contributed by atoms with E-state index in [1.54, 1.807) is 0 Å². The molecule has 0 aliphatic heterocycles. The van der Waals surface area contributed by atoms with Crippen molar-refractivity contribution in [1.82, 2.24) is 0 Å². The third-order valence-corrected chi connectivity index (χ3v) is 2.63. The standard InChI is InChI=1S/C9H17NO2.C3H6FNO2/c10-7-6-9(11)12-8-4-2-1-3-5-8;4-7-3(6)1-2-5/h8H,1-7,10H2;1-2,5H2. The summed E-state index contributed by atoms with van der Waals surface area (Å²) in [7, 11) is 0. The van der Waals surface area contributed by atoms with Gasteiger partial charge in [-0.15, -0.1) is 0 Å². The van der Waals surface area contributed by atoms with Crippen LogP contribution in [0.1, 0.15) is 44.9 Å². The van der Waals surface area contributed by atoms with Gasteiger partial charge < -0.3 is 16.2 Å². The second-order valence-electron chi connectivity index (χ2n) is 4.28. The number of halogens is 1. The minimum Gasteiger partial charge on any atom is -0.462 e. The molecular formula is C12H23FN2O4. The molecule has 0 bridgehead atoms. The van der Waals surface area contributed by atoms with Gasteiger partial charge in [0, 0.05) is 17.6 Å². The largest absolute Gasteiger partial charge is 0.462 e. The van der Waals surface area contributed by atoms with Crippen LogP contribution >= 0.6 is 0 Å². The molecule has 1 fully saturated rings. The smallest absolute Gasteiger partial charge is 0.350 e. The van der Waals surface area contributed by atoms with Gasteiger partial charge in [-0.2, -0.15) is 0 Å². The molecule has 1 aliphatic rings. The summed E-state index contributed by atoms with van der Waals surface area (Å²) in [6.45, 7) is 0.522. The van der Waals surface area contributed by atoms with Gasteiger partial charge in [0.25, 0.3) is 0 Å². The average Bonchev–Trinajstić information content (AvgIpc) is 2.41. The SMILES string of the molecule is NCCC(=O)OC1CCCCC1.NCCC(=O)OF. The molecule has 0 aromatic rings. The molecular weight excluding hydrogens is 255 g/mol. The highest BCUT2D eigenvalue weighted by Gasteiger charge is 2.16. The normalized spacial score (nSPS) is 15.1. The van der Waals surface area contributed by atoms with Crippen LogP contribution in [-0.4, -0.2) is 31.1 Å². The summed E-state index contributed by atoms with van der Waals surface area (Å²) < 4.78 is 15.9. The fraction of sp³-hybridized carbons (Fsp3) is 0.833. The van der Waals surface area contributed by atoms with Gasteiger partial charge in [-0.1, -0.05) is 6.42 Å². The van der Waals surface area contributed by atoms with E-state index in [-0.39, 0.29) is 25.0 Å². The molecule has 0 unspecified atom stereocenters. The van der Waals surface area contributed by atoms with Gasteiger partial charge in [0.15, 0.2) is 0 Å². The maximum absolute atomic E-state index is 11.0. The number of hydrogen-bond donors (Lipinski definition) is 2. The van der Waals surface area contributed by atoms with E-state index >= 15 is 0 Å². The van der Waals surface area contributed by atoms with Crippen molar-refractivity contribution in [3.63, 3.8) is 0 Å². The van der Waals surface area contributed by atoms with Crippen LogP contribution < -0.4 is 11.5 Å². The Morgan fingerprint density at radius 3 is 1.95 bits per heavy atom. The molecule has 1 rings (SSSR count). The Labute approximate surface area is 112 Å². The van der Waals surface area contributed by atoms with Crippen molar-refractivity contribution in [3.8, 4) is 0 Å². The van der Waals surface area contributed by atoms with E-state index in [0.29, 0.717) is 13.0 Å². The van der Waals surface area contributed by atoms with Gasteiger partial charge in [-0.3, -0.25) is 9.74 Å². The molecule has 0 aromatic heterocycles. The molecule has 0 aromatic carbocycles. The van der Waals surface area contributed by atoms with Crippen molar-refractivity contribution in [2.75, 3.05) is 13.1 Å². The summed E-state index contributed by atoms with van der Waals surface area (Å²) in [4.78, 5) is 23.5. The van der Waals surface area contributed by atoms with Crippen LogP contribution in [0, 0.1) is 0 Å². The molecule has 1 aliphatic carbocycles. The van der Waals surface area contributed by atoms with Gasteiger partial charge in [-0.05, 0) is 25.7 Å². The van der Waals surface area contributed by atoms with Gasteiger partial charge in [0.2, 0.25) is 0 Å². The highest BCUT2D eigenvalue weighted by Crippen LogP contribution is 2.20. The minimum atomic E-state index is -0.914. The predicted molar refractivity (Wildman–Crippen MR) is 67.5 cm³/mol. The van der Waals surface area contributed by atoms with Crippen LogP contribution in [0.2, 0.25) is 0 Å². The summed E-state index contributed by atoms with van der Waals surface area (Å²) in [5.74, 6) is -1.05. The topological polar surface area (TPSA) is 105 Å². The van der Waals surface area contributed by atoms with E-state index in [1.165, 1.54) is 19.3 Å². The van der Waals surface area contributed by atoms with E-state index in [1.807, 2.05) is 0 Å². The Balaban J connectivity index is 0.000000399. The second-order valence-corrected chi connectivity index (χ2v) is 4.28. The Morgan fingerprint density at radius 1 is 1.00 bits per heavy atom. The van der Waals surface area contributed by atoms with Crippen LogP contribution in [0.4, 0.5) is 4.53 Å². The van der Waals surface area contributed by atoms with Crippen molar-refractivity contribution in [3.05, 3.63) is 0 Å². The van der Waals surface area contributed by atoms with Crippen molar-refractivity contribution < 1.29 is 23.8 Å². The van der Waals surface area contributed by atoms with Crippen molar-refractivity contribution in [1.29, 1.82) is 0 Å². The fourth-order valence-electron chi connectivity index (χ4n) is 1.70. The molecule has 0 heterocycles. The molecule has 6 nitrogen and oxygen atoms in total. The zero-order valence-corrected chi connectivity index (χ0v) is 11.1. The summed E-state index contributed by atoms with van der Waals surface area (Å²) in [5.41, 5.74) is 10.1. The Kier molecular flexibility index (Phi) is 11.1. The lowest BCUT2D eigenvalue weighted by Gasteiger charge is -2.21. The van der Waals surface area contributed by atoms with Crippen molar-refractivity contribution in [2.45, 2.75) is 51.0 Å². The van der Waals surface area contributed by atoms with Crippen molar-refractivity contribution in [2.24, 2.45) is 11.5 Å². The lowest BCUT2D eigenvalue weighted by molar-refractivity contribution is -0.183. The first kappa shape index (κ1) is 17.8. The Morgan fingerprint density at radius 2 is 1.53 bits per heavy atom. The van der Waals surface area contributed by atoms with E-state index in [9.17, 15) is 14.1 Å². The molecule has 7 heteroatoms. The monoisotopic (exact) mass is 278 g/mol. The molecule has 0 amide bonds. The van der Waals surface area contributed by atoms with Crippen LogP contribution in [0.3, 0.4) is 0 Å². The zero-order chi connectivity index (χ0) is 14.5. The fourth-order valence-corrected chi connectivity index (χ4v) is 1.70. The predicted octanol–water partition coefficient (Wildman–Crippen LogP) is 0.974. The summed E-state index contributed by atoms with van der Waals surface area (Å²) in [5, 5.41) is 0. The number of rotatable bonds is 5. The van der Waals surface area contributed by atoms with Gasteiger partial charge in [0.1, 0.15) is 6.10 Å². The highest BCUT2D eigenvalue weighted by molar-refractivity contribution is 5.69. The third kappa shape index (κ3) is 10.4. The number of carbonyl (C=O) groups is 2. The quantitative estimate of drug-likeness (QED) is 0.726. The lowest BCUT2D eigenvalue weighted by Crippen LogP contribution is -2.22. The lowest BCUT2D eigenvalue weighted by atomic mass is 9.98. The molecule has 0 saturated heterocycles. The van der Waals surface area contributed by atoms with Gasteiger partial charge >= 0.3 is 11.9 Å². The van der Waals surface area contributed by atoms with Crippen LogP contribution in [0.5, 0.6) is 0 Å². The molecule has 19 heavy (non-hydrogen) atoms. The maximum atomic E-state index is 11.0. The van der Waals surface area contributed by atoms with E-state index in [0.717, 1.165) is 12.8 Å². The number of carbonyl (C=O) groups excluding carboxylic acids is 2. The first-order chi connectivity index (χ1) is 9.13. The molecule has 0 radical (unpaired) electrons. The number of hydrogen-bond acceptors (Lipinski definition) is 6. The van der Waals surface area contributed by atoms with Crippen LogP contribution in [0.25, 0.3) is 0 Å². The molecule has 1 saturated carbocycles. The Bertz CT molecular complexity index is 258. The summed E-state index contributed by atoms with van der Waals surface area (Å²) in [6.07, 6.45) is 6.23. The highest BCUT2D eigenvalue weighted by atomic mass is 19.3. The third-order valence-electron chi connectivity index (χ3n) is 2.63. The maximum Gasteiger partial charge on any atom is 0.350 e. The second kappa shape index (κ2) is 11.9. The van der Waals surface area contributed by atoms with E-state index in [2.05, 4.69) is 4.94 Å². The number of ether oxygens (including phenoxy) is 1.